The smallest absolute Gasteiger partial charge is 0.241 e. The summed E-state index contributed by atoms with van der Waals surface area (Å²) in [6, 6.07) is 17.5. The van der Waals surface area contributed by atoms with E-state index in [0.717, 1.165) is 16.8 Å². The summed E-state index contributed by atoms with van der Waals surface area (Å²) in [5, 5.41) is 4.93. The van der Waals surface area contributed by atoms with Gasteiger partial charge in [0, 0.05) is 17.4 Å². The van der Waals surface area contributed by atoms with Crippen LogP contribution in [0.25, 0.3) is 0 Å². The van der Waals surface area contributed by atoms with Crippen molar-refractivity contribution < 1.29 is 4.79 Å². The molecule has 0 aliphatic carbocycles. The van der Waals surface area contributed by atoms with Crippen LogP contribution in [0.1, 0.15) is 23.5 Å². The number of nitrogens with one attached hydrogen (secondary N) is 1. The standard InChI is InChI=1S/C16H13ClN2O/c17-13-8-6-12(7-9-13)16-14(10-15(20)18-19-16)11-4-2-1-3-5-11/h1-9,14H,10H2,(H,18,20). The monoisotopic (exact) mass is 284 g/mol. The maximum atomic E-state index is 11.6. The van der Waals surface area contributed by atoms with Crippen molar-refractivity contribution in [3.8, 4) is 0 Å². The van der Waals surface area contributed by atoms with Crippen molar-refractivity contribution in [2.24, 2.45) is 5.10 Å². The number of hydrogen-bond donors (Lipinski definition) is 1. The lowest BCUT2D eigenvalue weighted by Crippen LogP contribution is -2.32. The van der Waals surface area contributed by atoms with Crippen molar-refractivity contribution in [3.63, 3.8) is 0 Å². The Morgan fingerprint density at radius 2 is 1.75 bits per heavy atom. The van der Waals surface area contributed by atoms with Gasteiger partial charge in [-0.3, -0.25) is 4.79 Å². The van der Waals surface area contributed by atoms with Crippen molar-refractivity contribution in [1.29, 1.82) is 0 Å². The van der Waals surface area contributed by atoms with Gasteiger partial charge in [-0.1, -0.05) is 54.1 Å². The van der Waals surface area contributed by atoms with Crippen molar-refractivity contribution >= 4 is 23.2 Å². The maximum absolute atomic E-state index is 11.6. The highest BCUT2D eigenvalue weighted by Crippen LogP contribution is 2.27. The van der Waals surface area contributed by atoms with Crippen LogP contribution in [-0.4, -0.2) is 11.6 Å². The normalized spacial score (nSPS) is 18.4. The lowest BCUT2D eigenvalue weighted by molar-refractivity contribution is -0.121. The van der Waals surface area contributed by atoms with Gasteiger partial charge in [-0.25, -0.2) is 5.43 Å². The van der Waals surface area contributed by atoms with E-state index in [9.17, 15) is 4.79 Å². The van der Waals surface area contributed by atoms with E-state index in [4.69, 9.17) is 11.6 Å². The summed E-state index contributed by atoms with van der Waals surface area (Å²) in [6.45, 7) is 0. The second-order valence-corrected chi connectivity index (χ2v) is 5.14. The zero-order valence-electron chi connectivity index (χ0n) is 10.7. The molecule has 3 rings (SSSR count). The molecule has 20 heavy (non-hydrogen) atoms. The Morgan fingerprint density at radius 3 is 2.45 bits per heavy atom. The number of halogens is 1. The lowest BCUT2D eigenvalue weighted by atomic mass is 9.86. The number of nitrogens with zero attached hydrogens (tertiary/aromatic N) is 1. The molecule has 0 fully saturated rings. The van der Waals surface area contributed by atoms with Gasteiger partial charge < -0.3 is 0 Å². The van der Waals surface area contributed by atoms with E-state index >= 15 is 0 Å². The number of carbonyl (C=O) groups excluding carboxylic acids is 1. The lowest BCUT2D eigenvalue weighted by Gasteiger charge is -2.23. The summed E-state index contributed by atoms with van der Waals surface area (Å²) in [7, 11) is 0. The Labute approximate surface area is 122 Å². The first-order valence-corrected chi connectivity index (χ1v) is 6.79. The third kappa shape index (κ3) is 2.58. The largest absolute Gasteiger partial charge is 0.273 e. The average molecular weight is 285 g/mol. The van der Waals surface area contributed by atoms with E-state index in [2.05, 4.69) is 10.5 Å². The Morgan fingerprint density at radius 1 is 1.05 bits per heavy atom. The van der Waals surface area contributed by atoms with E-state index in [1.807, 2.05) is 54.6 Å². The fourth-order valence-electron chi connectivity index (χ4n) is 2.38. The molecule has 100 valence electrons. The van der Waals surface area contributed by atoms with Gasteiger partial charge in [-0.2, -0.15) is 5.10 Å². The molecule has 0 aromatic heterocycles. The molecule has 0 saturated heterocycles. The molecule has 0 saturated carbocycles. The Kier molecular flexibility index (Phi) is 3.52. The molecule has 2 aromatic carbocycles. The molecule has 4 heteroatoms. The first-order chi connectivity index (χ1) is 9.74. The average Bonchev–Trinajstić information content (AvgIpc) is 2.49. The van der Waals surface area contributed by atoms with Crippen LogP contribution in [-0.2, 0) is 4.79 Å². The number of carbonyl (C=O) groups is 1. The molecular weight excluding hydrogens is 272 g/mol. The summed E-state index contributed by atoms with van der Waals surface area (Å²) >= 11 is 5.92. The predicted octanol–water partition coefficient (Wildman–Crippen LogP) is 3.35. The van der Waals surface area contributed by atoms with Crippen LogP contribution in [0.4, 0.5) is 0 Å². The molecule has 0 bridgehead atoms. The van der Waals surface area contributed by atoms with E-state index in [0.29, 0.717) is 11.4 Å². The van der Waals surface area contributed by atoms with Gasteiger partial charge in [-0.15, -0.1) is 0 Å². The first kappa shape index (κ1) is 12.9. The number of hydrazone groups is 1. The highest BCUT2D eigenvalue weighted by molar-refractivity contribution is 6.30. The molecule has 1 unspecified atom stereocenters. The zero-order chi connectivity index (χ0) is 13.9. The van der Waals surface area contributed by atoms with Crippen LogP contribution in [0.2, 0.25) is 5.02 Å². The van der Waals surface area contributed by atoms with Crippen molar-refractivity contribution in [2.45, 2.75) is 12.3 Å². The number of benzene rings is 2. The Bertz CT molecular complexity index is 650. The highest BCUT2D eigenvalue weighted by atomic mass is 35.5. The predicted molar refractivity (Wildman–Crippen MR) is 79.9 cm³/mol. The van der Waals surface area contributed by atoms with Gasteiger partial charge in [0.25, 0.3) is 0 Å². The number of amides is 1. The van der Waals surface area contributed by atoms with Gasteiger partial charge >= 0.3 is 0 Å². The molecule has 1 aliphatic heterocycles. The summed E-state index contributed by atoms with van der Waals surface area (Å²) in [5.74, 6) is -0.0808. The van der Waals surface area contributed by atoms with E-state index in [1.54, 1.807) is 0 Å². The van der Waals surface area contributed by atoms with E-state index in [-0.39, 0.29) is 11.8 Å². The van der Waals surface area contributed by atoms with Crippen LogP contribution in [0.3, 0.4) is 0 Å². The highest BCUT2D eigenvalue weighted by Gasteiger charge is 2.26. The molecule has 1 heterocycles. The fourth-order valence-corrected chi connectivity index (χ4v) is 2.50. The molecular formula is C16H13ClN2O. The third-order valence-electron chi connectivity index (χ3n) is 3.36. The second-order valence-electron chi connectivity index (χ2n) is 4.71. The quantitative estimate of drug-likeness (QED) is 0.903. The fraction of sp³-hybridized carbons (Fsp3) is 0.125. The second kappa shape index (κ2) is 5.47. The van der Waals surface area contributed by atoms with E-state index in [1.165, 1.54) is 0 Å². The Balaban J connectivity index is 2.02. The minimum absolute atomic E-state index is 0.0221. The topological polar surface area (TPSA) is 41.5 Å². The molecule has 3 nitrogen and oxygen atoms in total. The first-order valence-electron chi connectivity index (χ1n) is 6.41. The molecule has 0 radical (unpaired) electrons. The van der Waals surface area contributed by atoms with Crippen LogP contribution < -0.4 is 5.43 Å². The van der Waals surface area contributed by atoms with Gasteiger partial charge in [0.1, 0.15) is 0 Å². The van der Waals surface area contributed by atoms with Crippen molar-refractivity contribution in [2.75, 3.05) is 0 Å². The van der Waals surface area contributed by atoms with Crippen LogP contribution >= 0.6 is 11.6 Å². The molecule has 1 aliphatic rings. The van der Waals surface area contributed by atoms with Crippen LogP contribution in [0, 0.1) is 0 Å². The van der Waals surface area contributed by atoms with Crippen LogP contribution in [0.5, 0.6) is 0 Å². The number of rotatable bonds is 2. The van der Waals surface area contributed by atoms with Gasteiger partial charge in [-0.05, 0) is 23.3 Å². The summed E-state index contributed by atoms with van der Waals surface area (Å²) in [6.07, 6.45) is 0.408. The van der Waals surface area contributed by atoms with E-state index < -0.39 is 0 Å². The van der Waals surface area contributed by atoms with Crippen molar-refractivity contribution in [1.82, 2.24) is 5.43 Å². The molecule has 1 atom stereocenters. The zero-order valence-corrected chi connectivity index (χ0v) is 11.5. The van der Waals surface area contributed by atoms with Crippen LogP contribution in [0.15, 0.2) is 59.7 Å². The molecule has 1 N–H and O–H groups in total. The minimum atomic E-state index is -0.0587. The number of hydrogen-bond acceptors (Lipinski definition) is 2. The van der Waals surface area contributed by atoms with Crippen molar-refractivity contribution in [3.05, 3.63) is 70.7 Å². The molecule has 1 amide bonds. The van der Waals surface area contributed by atoms with Gasteiger partial charge in [0.05, 0.1) is 5.71 Å². The summed E-state index contributed by atoms with van der Waals surface area (Å²) in [4.78, 5) is 11.6. The third-order valence-corrected chi connectivity index (χ3v) is 3.61. The Hall–Kier alpha value is -2.13. The molecule has 0 spiro atoms. The van der Waals surface area contributed by atoms with Gasteiger partial charge in [0.2, 0.25) is 5.91 Å². The molecule has 2 aromatic rings. The maximum Gasteiger partial charge on any atom is 0.241 e. The SMILES string of the molecule is O=C1CC(c2ccccc2)C(c2ccc(Cl)cc2)=NN1. The van der Waals surface area contributed by atoms with Gasteiger partial charge in [0.15, 0.2) is 0 Å². The minimum Gasteiger partial charge on any atom is -0.273 e. The summed E-state index contributed by atoms with van der Waals surface area (Å²) < 4.78 is 0. The summed E-state index contributed by atoms with van der Waals surface area (Å²) in [5.41, 5.74) is 5.50.